The summed E-state index contributed by atoms with van der Waals surface area (Å²) in [4.78, 5) is 14.0. The van der Waals surface area contributed by atoms with E-state index in [2.05, 4.69) is 5.32 Å². The highest BCUT2D eigenvalue weighted by molar-refractivity contribution is 6.31. The van der Waals surface area contributed by atoms with Crippen LogP contribution in [0.15, 0.2) is 73.0 Å². The maximum atomic E-state index is 12.0. The second-order valence-corrected chi connectivity index (χ2v) is 6.24. The van der Waals surface area contributed by atoms with E-state index in [1.807, 2.05) is 84.8 Å². The number of nitrogens with one attached hydrogen (secondary N) is 1. The molecular weight excluding hydrogens is 320 g/mol. The number of hydrogen-bond donors (Lipinski definition) is 1. The molecule has 0 radical (unpaired) electrons. The third kappa shape index (κ3) is 2.95. The van der Waals surface area contributed by atoms with Gasteiger partial charge in [-0.25, -0.2) is 0 Å². The van der Waals surface area contributed by atoms with E-state index in [1.54, 1.807) is 0 Å². The summed E-state index contributed by atoms with van der Waals surface area (Å²) in [6, 6.07) is 15.7. The van der Waals surface area contributed by atoms with Crippen LogP contribution in [0.3, 0.4) is 0 Å². The molecule has 4 heteroatoms. The Bertz CT molecular complexity index is 811. The summed E-state index contributed by atoms with van der Waals surface area (Å²) >= 11 is 6.47. The average Bonchev–Trinajstić information content (AvgIpc) is 2.56. The quantitative estimate of drug-likeness (QED) is 0.891. The van der Waals surface area contributed by atoms with Gasteiger partial charge in [-0.15, -0.1) is 0 Å². The highest BCUT2D eigenvalue weighted by atomic mass is 35.5. The molecule has 0 bridgehead atoms. The SMILES string of the molecule is CC(=O)NC1(c2ccccc2Cl)C=CC=CN1c1ccc(C)cc1. The van der Waals surface area contributed by atoms with Gasteiger partial charge in [0, 0.05) is 29.4 Å². The molecule has 0 aromatic heterocycles. The van der Waals surface area contributed by atoms with Gasteiger partial charge in [-0.2, -0.15) is 0 Å². The van der Waals surface area contributed by atoms with Gasteiger partial charge in [0.05, 0.1) is 0 Å². The fourth-order valence-electron chi connectivity index (χ4n) is 2.95. The number of benzene rings is 2. The Morgan fingerprint density at radius 1 is 1.08 bits per heavy atom. The molecule has 1 aliphatic heterocycles. The van der Waals surface area contributed by atoms with Crippen LogP contribution >= 0.6 is 11.6 Å². The number of carbonyl (C=O) groups excluding carboxylic acids is 1. The minimum atomic E-state index is -0.867. The van der Waals surface area contributed by atoms with Crippen LogP contribution in [0.5, 0.6) is 0 Å². The molecule has 0 aliphatic carbocycles. The highest BCUT2D eigenvalue weighted by Crippen LogP contribution is 2.38. The van der Waals surface area contributed by atoms with Crippen LogP contribution in [0.25, 0.3) is 0 Å². The zero-order valence-electron chi connectivity index (χ0n) is 13.7. The Morgan fingerprint density at radius 2 is 1.79 bits per heavy atom. The molecule has 2 aromatic carbocycles. The standard InChI is InChI=1S/C20H19ClN2O/c1-15-9-11-17(12-10-15)23-14-6-5-13-20(23,22-16(2)24)18-7-3-4-8-19(18)21/h3-14H,1-2H3,(H,22,24). The number of halogens is 1. The smallest absolute Gasteiger partial charge is 0.219 e. The van der Waals surface area contributed by atoms with Crippen molar-refractivity contribution in [2.75, 3.05) is 4.90 Å². The molecule has 0 spiro atoms. The molecule has 1 atom stereocenters. The number of allylic oxidation sites excluding steroid dienone is 2. The first-order valence-corrected chi connectivity index (χ1v) is 8.16. The van der Waals surface area contributed by atoms with Crippen LogP contribution in [0.1, 0.15) is 18.1 Å². The van der Waals surface area contributed by atoms with Crippen LogP contribution in [0, 0.1) is 6.92 Å². The van der Waals surface area contributed by atoms with E-state index >= 15 is 0 Å². The Labute approximate surface area is 147 Å². The van der Waals surface area contributed by atoms with Gasteiger partial charge in [0.1, 0.15) is 0 Å². The summed E-state index contributed by atoms with van der Waals surface area (Å²) in [6.07, 6.45) is 7.76. The number of amides is 1. The van der Waals surface area contributed by atoms with Gasteiger partial charge in [-0.3, -0.25) is 4.79 Å². The number of carbonyl (C=O) groups is 1. The van der Waals surface area contributed by atoms with Gasteiger partial charge in [0.25, 0.3) is 0 Å². The van der Waals surface area contributed by atoms with Crippen LogP contribution < -0.4 is 10.2 Å². The summed E-state index contributed by atoms with van der Waals surface area (Å²) in [5.74, 6) is -0.132. The van der Waals surface area contributed by atoms with Crippen molar-refractivity contribution in [3.8, 4) is 0 Å². The highest BCUT2D eigenvalue weighted by Gasteiger charge is 2.39. The predicted molar refractivity (Wildman–Crippen MR) is 98.9 cm³/mol. The molecule has 24 heavy (non-hydrogen) atoms. The fourth-order valence-corrected chi connectivity index (χ4v) is 3.23. The maximum Gasteiger partial charge on any atom is 0.219 e. The molecule has 1 aliphatic rings. The maximum absolute atomic E-state index is 12.0. The van der Waals surface area contributed by atoms with E-state index < -0.39 is 5.66 Å². The molecule has 0 fully saturated rings. The van der Waals surface area contributed by atoms with E-state index in [4.69, 9.17) is 11.6 Å². The number of anilines is 1. The van der Waals surface area contributed by atoms with E-state index in [1.165, 1.54) is 12.5 Å². The molecule has 0 saturated carbocycles. The fraction of sp³-hybridized carbons (Fsp3) is 0.150. The third-order valence-corrected chi connectivity index (χ3v) is 4.36. The monoisotopic (exact) mass is 338 g/mol. The van der Waals surface area contributed by atoms with Crippen molar-refractivity contribution in [3.05, 3.63) is 89.1 Å². The van der Waals surface area contributed by atoms with E-state index in [-0.39, 0.29) is 5.91 Å². The van der Waals surface area contributed by atoms with Gasteiger partial charge in [0.2, 0.25) is 5.91 Å². The van der Waals surface area contributed by atoms with Gasteiger partial charge < -0.3 is 10.2 Å². The summed E-state index contributed by atoms with van der Waals surface area (Å²) in [5.41, 5.74) is 2.10. The topological polar surface area (TPSA) is 32.3 Å². The van der Waals surface area contributed by atoms with Crippen molar-refractivity contribution in [1.29, 1.82) is 0 Å². The summed E-state index contributed by atoms with van der Waals surface area (Å²) < 4.78 is 0. The van der Waals surface area contributed by atoms with Gasteiger partial charge in [0.15, 0.2) is 5.66 Å². The molecule has 1 heterocycles. The predicted octanol–water partition coefficient (Wildman–Crippen LogP) is 4.53. The molecule has 1 amide bonds. The van der Waals surface area contributed by atoms with Crippen molar-refractivity contribution in [2.45, 2.75) is 19.5 Å². The first-order valence-electron chi connectivity index (χ1n) is 7.79. The first kappa shape index (κ1) is 16.3. The van der Waals surface area contributed by atoms with Crippen LogP contribution in [-0.4, -0.2) is 5.91 Å². The lowest BCUT2D eigenvalue weighted by Gasteiger charge is -2.44. The van der Waals surface area contributed by atoms with Crippen molar-refractivity contribution in [1.82, 2.24) is 5.32 Å². The second-order valence-electron chi connectivity index (χ2n) is 5.83. The lowest BCUT2D eigenvalue weighted by Crippen LogP contribution is -2.55. The zero-order valence-corrected chi connectivity index (χ0v) is 14.4. The third-order valence-electron chi connectivity index (χ3n) is 4.03. The number of hydrogen-bond acceptors (Lipinski definition) is 2. The van der Waals surface area contributed by atoms with Crippen LogP contribution in [-0.2, 0) is 10.5 Å². The normalized spacial score (nSPS) is 19.4. The molecule has 1 N–H and O–H groups in total. The largest absolute Gasteiger partial charge is 0.326 e. The number of aryl methyl sites for hydroxylation is 1. The molecule has 122 valence electrons. The van der Waals surface area contributed by atoms with Crippen molar-refractivity contribution < 1.29 is 4.79 Å². The second kappa shape index (κ2) is 6.54. The minimum absolute atomic E-state index is 0.132. The Morgan fingerprint density at radius 3 is 2.46 bits per heavy atom. The molecule has 2 aromatic rings. The van der Waals surface area contributed by atoms with Gasteiger partial charge in [-0.05, 0) is 37.3 Å². The first-order chi connectivity index (χ1) is 11.5. The number of nitrogens with zero attached hydrogens (tertiary/aromatic N) is 1. The Kier molecular flexibility index (Phi) is 4.45. The number of rotatable bonds is 3. The van der Waals surface area contributed by atoms with Gasteiger partial charge in [-0.1, -0.05) is 53.6 Å². The molecule has 3 nitrogen and oxygen atoms in total. The Balaban J connectivity index is 2.19. The lowest BCUT2D eigenvalue weighted by atomic mass is 9.93. The van der Waals surface area contributed by atoms with Crippen molar-refractivity contribution >= 4 is 23.2 Å². The molecule has 1 unspecified atom stereocenters. The minimum Gasteiger partial charge on any atom is -0.326 e. The summed E-state index contributed by atoms with van der Waals surface area (Å²) in [5, 5.41) is 3.68. The Hall–Kier alpha value is -2.52. The van der Waals surface area contributed by atoms with E-state index in [0.717, 1.165) is 11.3 Å². The van der Waals surface area contributed by atoms with Gasteiger partial charge >= 0.3 is 0 Å². The molecular formula is C20H19ClN2O. The molecule has 0 saturated heterocycles. The zero-order chi connectivity index (χ0) is 17.2. The van der Waals surface area contributed by atoms with E-state index in [9.17, 15) is 4.79 Å². The summed E-state index contributed by atoms with van der Waals surface area (Å²) in [7, 11) is 0. The van der Waals surface area contributed by atoms with E-state index in [0.29, 0.717) is 5.02 Å². The van der Waals surface area contributed by atoms with Crippen LogP contribution in [0.4, 0.5) is 5.69 Å². The van der Waals surface area contributed by atoms with Crippen LogP contribution in [0.2, 0.25) is 5.02 Å². The average molecular weight is 339 g/mol. The lowest BCUT2D eigenvalue weighted by molar-refractivity contribution is -0.120. The van der Waals surface area contributed by atoms with Crippen molar-refractivity contribution in [2.24, 2.45) is 0 Å². The molecule has 3 rings (SSSR count). The summed E-state index contributed by atoms with van der Waals surface area (Å²) in [6.45, 7) is 3.56. The van der Waals surface area contributed by atoms with Crippen molar-refractivity contribution in [3.63, 3.8) is 0 Å².